The van der Waals surface area contributed by atoms with Crippen molar-refractivity contribution in [2.24, 2.45) is 11.3 Å². The average Bonchev–Trinajstić information content (AvgIpc) is 3.80. The van der Waals surface area contributed by atoms with E-state index in [0.717, 1.165) is 51.2 Å². The van der Waals surface area contributed by atoms with E-state index >= 15 is 8.78 Å². The number of halogens is 2. The van der Waals surface area contributed by atoms with Crippen LogP contribution in [0.3, 0.4) is 0 Å². The van der Waals surface area contributed by atoms with Gasteiger partial charge in [-0.15, -0.1) is 6.42 Å². The Bertz CT molecular complexity index is 2040. The van der Waals surface area contributed by atoms with Crippen molar-refractivity contribution in [2.75, 3.05) is 37.7 Å². The Balaban J connectivity index is 1.17. The molecule has 7 nitrogen and oxygen atoms in total. The fourth-order valence-corrected chi connectivity index (χ4v) is 9.52. The van der Waals surface area contributed by atoms with Gasteiger partial charge in [0.15, 0.2) is 5.82 Å². The third-order valence-corrected chi connectivity index (χ3v) is 12.4. The molecule has 2 unspecified atom stereocenters. The lowest BCUT2D eigenvalue weighted by molar-refractivity contribution is 0.0238. The number of piperazine rings is 1. The summed E-state index contributed by atoms with van der Waals surface area (Å²) in [6, 6.07) is 9.41. The number of rotatable bonds is 8. The van der Waals surface area contributed by atoms with Crippen LogP contribution in [0.25, 0.3) is 32.8 Å². The lowest BCUT2D eigenvalue weighted by atomic mass is 9.79. The van der Waals surface area contributed by atoms with Crippen LogP contribution in [0.1, 0.15) is 82.3 Å². The summed E-state index contributed by atoms with van der Waals surface area (Å²) < 4.78 is 39.2. The molecule has 6 fully saturated rings. The van der Waals surface area contributed by atoms with Crippen LogP contribution in [0.2, 0.25) is 0 Å². The molecule has 10 rings (SSSR count). The van der Waals surface area contributed by atoms with Crippen molar-refractivity contribution in [3.05, 3.63) is 53.1 Å². The lowest BCUT2D eigenvalue weighted by Crippen LogP contribution is -2.51. The number of benzene rings is 3. The Labute approximate surface area is 292 Å². The van der Waals surface area contributed by atoms with Crippen molar-refractivity contribution < 1.29 is 18.6 Å². The summed E-state index contributed by atoms with van der Waals surface area (Å²) in [6.45, 7) is 8.27. The number of hydrogen-bond acceptors (Lipinski definition) is 7. The van der Waals surface area contributed by atoms with E-state index in [4.69, 9.17) is 21.1 Å². The van der Waals surface area contributed by atoms with Gasteiger partial charge in [0.1, 0.15) is 22.9 Å². The Morgan fingerprint density at radius 2 is 1.78 bits per heavy atom. The maximum atomic E-state index is 17.5. The van der Waals surface area contributed by atoms with Crippen molar-refractivity contribution in [3.8, 4) is 35.2 Å². The number of phenolic OH excluding ortho intramolecular Hbond substituents is 1. The van der Waals surface area contributed by atoms with E-state index in [2.05, 4.69) is 21.0 Å². The van der Waals surface area contributed by atoms with Crippen molar-refractivity contribution in [1.29, 1.82) is 0 Å². The zero-order valence-electron chi connectivity index (χ0n) is 28.9. The van der Waals surface area contributed by atoms with Crippen molar-refractivity contribution in [1.82, 2.24) is 20.2 Å². The molecular formula is C41H45F2N5O2. The number of terminal acetylenes is 1. The topological polar surface area (TPSA) is 73.8 Å². The Morgan fingerprint density at radius 3 is 2.44 bits per heavy atom. The number of hydrogen-bond donors (Lipinski definition) is 2. The van der Waals surface area contributed by atoms with Crippen LogP contribution < -0.4 is 15.0 Å². The molecule has 260 valence electrons. The number of anilines is 1. The standard InChI is InChI=1S/C41H45F2N5O2/c1-4-30-34(42)12-7-25-15-29(49)16-32(35(25)30)36-31(23(2)3)17-33-38(37(36)43)45-40(46-39(33)47-19-26-8-9-27(20-47)44-26)50-22-41(13-14-41)21-48-18-24-5-10-28(48)11-6-24/h1,7,12,15-17,23-24,26-28,44,49H,5-6,8-11,13-14,18-22H2,2-3H3/t24-,26?,27?,28+. The number of nitrogens with one attached hydrogen (secondary N) is 1. The number of phenols is 1. The van der Waals surface area contributed by atoms with E-state index < -0.39 is 11.6 Å². The van der Waals surface area contributed by atoms with E-state index in [1.165, 1.54) is 50.4 Å². The SMILES string of the molecule is C#Cc1c(F)ccc2cc(O)cc(-c3c(C(C)C)cc4c(N5CC6CCC(C5)N6)nc(OCC5(CN6C[C@H]7CC[C@@H]6CC7)CC5)nc4c3F)c12. The number of ether oxygens (including phenoxy) is 1. The summed E-state index contributed by atoms with van der Waals surface area (Å²) in [6.07, 6.45) is 15.6. The smallest absolute Gasteiger partial charge is 0.319 e. The van der Waals surface area contributed by atoms with Gasteiger partial charge in [0.2, 0.25) is 0 Å². The molecule has 6 aliphatic rings. The Morgan fingerprint density at radius 1 is 1.02 bits per heavy atom. The van der Waals surface area contributed by atoms with Crippen LogP contribution >= 0.6 is 0 Å². The number of nitrogens with zero attached hydrogens (tertiary/aromatic N) is 4. The zero-order chi connectivity index (χ0) is 34.3. The van der Waals surface area contributed by atoms with Gasteiger partial charge in [-0.05, 0) is 104 Å². The van der Waals surface area contributed by atoms with Crippen LogP contribution in [-0.2, 0) is 0 Å². The first kappa shape index (κ1) is 31.9. The zero-order valence-corrected chi connectivity index (χ0v) is 28.9. The minimum absolute atomic E-state index is 0.0343. The molecule has 4 aromatic rings. The molecule has 3 aromatic carbocycles. The maximum Gasteiger partial charge on any atom is 0.319 e. The Hall–Kier alpha value is -4.00. The lowest BCUT2D eigenvalue weighted by Gasteiger charge is -2.46. The quantitative estimate of drug-likeness (QED) is 0.187. The second kappa shape index (κ2) is 12.1. The predicted octanol–water partition coefficient (Wildman–Crippen LogP) is 7.51. The molecule has 2 saturated carbocycles. The van der Waals surface area contributed by atoms with E-state index in [1.54, 1.807) is 6.07 Å². The molecule has 0 spiro atoms. The molecule has 5 heterocycles. The van der Waals surface area contributed by atoms with Gasteiger partial charge in [0, 0.05) is 66.1 Å². The minimum Gasteiger partial charge on any atom is -0.508 e. The number of fused-ring (bicyclic) bond motifs is 7. The fraction of sp³-hybridized carbons (Fsp3) is 0.512. The van der Waals surface area contributed by atoms with Gasteiger partial charge in [0.05, 0.1) is 12.2 Å². The van der Waals surface area contributed by atoms with Gasteiger partial charge < -0.3 is 20.1 Å². The summed E-state index contributed by atoms with van der Waals surface area (Å²) in [5.41, 5.74) is 1.57. The fourth-order valence-electron chi connectivity index (χ4n) is 9.52. The highest BCUT2D eigenvalue weighted by Crippen LogP contribution is 2.49. The highest BCUT2D eigenvalue weighted by molar-refractivity contribution is 6.05. The van der Waals surface area contributed by atoms with Crippen LogP contribution in [-0.4, -0.2) is 70.9 Å². The summed E-state index contributed by atoms with van der Waals surface area (Å²) in [4.78, 5) is 14.8. The van der Waals surface area contributed by atoms with Gasteiger partial charge in [-0.1, -0.05) is 25.8 Å². The van der Waals surface area contributed by atoms with Gasteiger partial charge in [-0.2, -0.15) is 9.97 Å². The van der Waals surface area contributed by atoms with Crippen molar-refractivity contribution in [2.45, 2.75) is 89.3 Å². The molecule has 9 heteroatoms. The molecule has 4 bridgehead atoms. The summed E-state index contributed by atoms with van der Waals surface area (Å²) >= 11 is 0. The number of piperidine rings is 2. The molecule has 4 aliphatic heterocycles. The van der Waals surface area contributed by atoms with E-state index in [0.29, 0.717) is 57.8 Å². The minimum atomic E-state index is -0.570. The first-order valence-electron chi connectivity index (χ1n) is 18.5. The van der Waals surface area contributed by atoms with Gasteiger partial charge in [0.25, 0.3) is 0 Å². The molecule has 2 atom stereocenters. The van der Waals surface area contributed by atoms with Crippen LogP contribution in [0.5, 0.6) is 11.8 Å². The molecule has 50 heavy (non-hydrogen) atoms. The highest BCUT2D eigenvalue weighted by atomic mass is 19.1. The third-order valence-electron chi connectivity index (χ3n) is 12.4. The van der Waals surface area contributed by atoms with E-state index in [9.17, 15) is 5.11 Å². The van der Waals surface area contributed by atoms with Gasteiger partial charge >= 0.3 is 6.01 Å². The van der Waals surface area contributed by atoms with Gasteiger partial charge in [-0.3, -0.25) is 4.90 Å². The normalized spacial score (nSPS) is 25.5. The third kappa shape index (κ3) is 5.47. The largest absolute Gasteiger partial charge is 0.508 e. The second-order valence-electron chi connectivity index (χ2n) is 16.1. The first-order valence-corrected chi connectivity index (χ1v) is 18.5. The van der Waals surface area contributed by atoms with Gasteiger partial charge in [-0.25, -0.2) is 8.78 Å². The van der Waals surface area contributed by atoms with Crippen molar-refractivity contribution in [3.63, 3.8) is 0 Å². The van der Waals surface area contributed by atoms with Crippen molar-refractivity contribution >= 4 is 27.5 Å². The molecule has 0 radical (unpaired) electrons. The summed E-state index contributed by atoms with van der Waals surface area (Å²) in [7, 11) is 0. The summed E-state index contributed by atoms with van der Waals surface area (Å²) in [5.74, 6) is 2.69. The second-order valence-corrected chi connectivity index (χ2v) is 16.1. The number of aromatic hydroxyl groups is 1. The first-order chi connectivity index (χ1) is 24.2. The molecular weight excluding hydrogens is 632 g/mol. The summed E-state index contributed by atoms with van der Waals surface area (Å²) in [5, 5.41) is 16.1. The predicted molar refractivity (Wildman–Crippen MR) is 193 cm³/mol. The van der Waals surface area contributed by atoms with Crippen LogP contribution in [0.4, 0.5) is 14.6 Å². The van der Waals surface area contributed by atoms with E-state index in [1.807, 2.05) is 19.9 Å². The Kier molecular flexibility index (Phi) is 7.70. The molecule has 4 saturated heterocycles. The van der Waals surface area contributed by atoms with E-state index in [-0.39, 0.29) is 39.7 Å². The molecule has 0 amide bonds. The maximum absolute atomic E-state index is 17.5. The number of aromatic nitrogens is 2. The average molecular weight is 678 g/mol. The molecule has 2 N–H and O–H groups in total. The van der Waals surface area contributed by atoms with Crippen LogP contribution in [0.15, 0.2) is 30.3 Å². The molecule has 1 aromatic heterocycles. The van der Waals surface area contributed by atoms with Crippen LogP contribution in [0, 0.1) is 35.3 Å². The highest BCUT2D eigenvalue weighted by Gasteiger charge is 2.48. The monoisotopic (exact) mass is 677 g/mol. The molecule has 2 aliphatic carbocycles.